The maximum absolute atomic E-state index is 13.9. The van der Waals surface area contributed by atoms with Crippen LogP contribution in [0.15, 0.2) is 0 Å². The predicted octanol–water partition coefficient (Wildman–Crippen LogP) is 5.53. The van der Waals surface area contributed by atoms with Crippen molar-refractivity contribution in [1.29, 1.82) is 0 Å². The second kappa shape index (κ2) is 7.67. The minimum Gasteiger partial charge on any atom is -0.280 e. The van der Waals surface area contributed by atoms with Gasteiger partial charge < -0.3 is 0 Å². The van der Waals surface area contributed by atoms with Gasteiger partial charge in [0.25, 0.3) is 0 Å². The molecule has 0 unspecified atom stereocenters. The van der Waals surface area contributed by atoms with Crippen molar-refractivity contribution in [3.05, 3.63) is 0 Å². The topological polar surface area (TPSA) is 27.7 Å². The van der Waals surface area contributed by atoms with Gasteiger partial charge in [-0.05, 0) is 6.42 Å². The van der Waals surface area contributed by atoms with Gasteiger partial charge in [0.2, 0.25) is 0 Å². The van der Waals surface area contributed by atoms with E-state index < -0.39 is 52.2 Å². The first-order valence-corrected chi connectivity index (χ1v) is 7.97. The van der Waals surface area contributed by atoms with Gasteiger partial charge in [0.15, 0.2) is 0 Å². The Hall–Kier alpha value is -0.813. The van der Waals surface area contributed by atoms with E-state index in [4.69, 9.17) is 0 Å². The van der Waals surface area contributed by atoms with Gasteiger partial charge >= 0.3 is 39.4 Å². The summed E-state index contributed by atoms with van der Waals surface area (Å²) in [6.45, 7) is 1.13. The SMILES string of the molecule is CCCCC(F)(F)C(F)(F)[Si](OC(F)(F)F)(OC(F)(F)F)OC(F)(F)F. The molecule has 0 aromatic carbocycles. The van der Waals surface area contributed by atoms with Crippen LogP contribution in [0.1, 0.15) is 26.2 Å². The van der Waals surface area contributed by atoms with Crippen LogP contribution >= 0.6 is 0 Å². The summed E-state index contributed by atoms with van der Waals surface area (Å²) in [5, 5.41) is 0. The quantitative estimate of drug-likeness (QED) is 0.367. The highest BCUT2D eigenvalue weighted by molar-refractivity contribution is 6.64. The zero-order valence-electron chi connectivity index (χ0n) is 12.3. The number of rotatable bonds is 8. The standard InChI is InChI=1S/C9H9F13O3Si/c1-2-3-4-5(10,11)6(12,13)26(23-7(14,15)16,24-8(17,18)19)25-9(20,21)22/h2-4H2,1H3. The molecule has 3 nitrogen and oxygen atoms in total. The molecule has 0 aromatic heterocycles. The predicted molar refractivity (Wildman–Crippen MR) is 56.6 cm³/mol. The molecule has 26 heavy (non-hydrogen) atoms. The first kappa shape index (κ1) is 25.2. The van der Waals surface area contributed by atoms with E-state index in [1.807, 2.05) is 0 Å². The Balaban J connectivity index is 6.45. The van der Waals surface area contributed by atoms with E-state index in [9.17, 15) is 57.1 Å². The van der Waals surface area contributed by atoms with E-state index in [1.54, 1.807) is 0 Å². The molecule has 0 aromatic rings. The lowest BCUT2D eigenvalue weighted by atomic mass is 10.1. The summed E-state index contributed by atoms with van der Waals surface area (Å²) in [6.07, 6.45) is -23.2. The maximum Gasteiger partial charge on any atom is 0.600 e. The van der Waals surface area contributed by atoms with Crippen LogP contribution in [-0.4, -0.2) is 39.4 Å². The van der Waals surface area contributed by atoms with Crippen LogP contribution in [-0.2, 0) is 13.3 Å². The lowest BCUT2D eigenvalue weighted by Crippen LogP contribution is -2.71. The molecule has 0 aliphatic heterocycles. The van der Waals surface area contributed by atoms with E-state index in [2.05, 4.69) is 13.3 Å². The van der Waals surface area contributed by atoms with Gasteiger partial charge in [0.05, 0.1) is 0 Å². The second-order valence-corrected chi connectivity index (χ2v) is 6.93. The Morgan fingerprint density at radius 1 is 0.615 bits per heavy atom. The van der Waals surface area contributed by atoms with Crippen molar-refractivity contribution in [1.82, 2.24) is 0 Å². The molecule has 0 aliphatic rings. The smallest absolute Gasteiger partial charge is 0.280 e. The van der Waals surface area contributed by atoms with Crippen molar-refractivity contribution in [2.24, 2.45) is 0 Å². The van der Waals surface area contributed by atoms with Crippen LogP contribution in [0.25, 0.3) is 0 Å². The molecule has 0 N–H and O–H groups in total. The summed E-state index contributed by atoms with van der Waals surface area (Å²) in [5.74, 6) is -5.81. The van der Waals surface area contributed by atoms with Crippen molar-refractivity contribution in [2.45, 2.75) is 56.7 Å². The Labute approximate surface area is 137 Å². The molecule has 0 atom stereocenters. The molecule has 158 valence electrons. The van der Waals surface area contributed by atoms with Crippen LogP contribution in [0.4, 0.5) is 57.1 Å². The fourth-order valence-electron chi connectivity index (χ4n) is 1.49. The molecule has 0 spiro atoms. The third kappa shape index (κ3) is 7.07. The van der Waals surface area contributed by atoms with Crippen molar-refractivity contribution in [3.8, 4) is 0 Å². The van der Waals surface area contributed by atoms with E-state index in [1.165, 1.54) is 0 Å². The summed E-state index contributed by atoms with van der Waals surface area (Å²) < 4.78 is 171. The number of hydrogen-bond acceptors (Lipinski definition) is 3. The Morgan fingerprint density at radius 2 is 0.923 bits per heavy atom. The highest BCUT2D eigenvalue weighted by atomic mass is 28.4. The molecule has 0 aliphatic carbocycles. The van der Waals surface area contributed by atoms with Crippen LogP contribution in [0.2, 0.25) is 0 Å². The molecule has 0 saturated carbocycles. The average molecular weight is 440 g/mol. The van der Waals surface area contributed by atoms with Gasteiger partial charge in [0.1, 0.15) is 0 Å². The summed E-state index contributed by atoms with van der Waals surface area (Å²) in [4.78, 5) is 0. The van der Waals surface area contributed by atoms with Crippen LogP contribution in [0.5, 0.6) is 0 Å². The third-order valence-corrected chi connectivity index (χ3v) is 5.07. The fraction of sp³-hybridized carbons (Fsp3) is 1.00. The zero-order chi connectivity index (χ0) is 21.2. The monoisotopic (exact) mass is 440 g/mol. The van der Waals surface area contributed by atoms with E-state index in [0.717, 1.165) is 6.92 Å². The average Bonchev–Trinajstić information content (AvgIpc) is 2.29. The molecule has 17 heteroatoms. The molecule has 0 heterocycles. The first-order chi connectivity index (χ1) is 11.2. The fourth-order valence-corrected chi connectivity index (χ4v) is 3.49. The van der Waals surface area contributed by atoms with Gasteiger partial charge in [-0.25, -0.2) is 0 Å². The number of alkyl halides is 13. The highest BCUT2D eigenvalue weighted by Gasteiger charge is 2.83. The lowest BCUT2D eigenvalue weighted by molar-refractivity contribution is -0.385. The Morgan fingerprint density at radius 3 is 1.15 bits per heavy atom. The zero-order valence-corrected chi connectivity index (χ0v) is 13.3. The number of unbranched alkanes of at least 4 members (excludes halogenated alkanes) is 1. The highest BCUT2D eigenvalue weighted by Crippen LogP contribution is 2.50. The lowest BCUT2D eigenvalue weighted by Gasteiger charge is -2.39. The Bertz CT molecular complexity index is 414. The van der Waals surface area contributed by atoms with Gasteiger partial charge in [0, 0.05) is 6.42 Å². The summed E-state index contributed by atoms with van der Waals surface area (Å²) in [7, 11) is -8.57. The van der Waals surface area contributed by atoms with Crippen molar-refractivity contribution in [2.75, 3.05) is 0 Å². The summed E-state index contributed by atoms with van der Waals surface area (Å²) >= 11 is 0. The van der Waals surface area contributed by atoms with Crippen molar-refractivity contribution >= 4 is 8.80 Å². The molecule has 0 saturated heterocycles. The van der Waals surface area contributed by atoms with Crippen LogP contribution < -0.4 is 0 Å². The van der Waals surface area contributed by atoms with Crippen LogP contribution in [0, 0.1) is 0 Å². The Kier molecular flexibility index (Phi) is 7.43. The van der Waals surface area contributed by atoms with Crippen LogP contribution in [0.3, 0.4) is 0 Å². The summed E-state index contributed by atoms with van der Waals surface area (Å²) in [5.41, 5.74) is -6.74. The largest absolute Gasteiger partial charge is 0.600 e. The van der Waals surface area contributed by atoms with E-state index >= 15 is 0 Å². The first-order valence-electron chi connectivity index (χ1n) is 6.24. The molecular weight excluding hydrogens is 431 g/mol. The minimum absolute atomic E-state index is 0.291. The van der Waals surface area contributed by atoms with E-state index in [0.29, 0.717) is 0 Å². The minimum atomic E-state index is -8.57. The third-order valence-electron chi connectivity index (χ3n) is 2.44. The molecule has 0 fully saturated rings. The number of halogens is 13. The normalized spacial score (nSPS) is 15.5. The van der Waals surface area contributed by atoms with Crippen molar-refractivity contribution in [3.63, 3.8) is 0 Å². The second-order valence-electron chi connectivity index (χ2n) is 4.58. The van der Waals surface area contributed by atoms with E-state index in [-0.39, 0.29) is 6.42 Å². The van der Waals surface area contributed by atoms with Gasteiger partial charge in [-0.1, -0.05) is 13.3 Å². The van der Waals surface area contributed by atoms with Gasteiger partial charge in [-0.3, -0.25) is 13.3 Å². The molecule has 0 amide bonds. The number of hydrogen-bond donors (Lipinski definition) is 0. The van der Waals surface area contributed by atoms with Crippen molar-refractivity contribution < 1.29 is 70.4 Å². The summed E-state index contributed by atoms with van der Waals surface area (Å²) in [6, 6.07) is 0. The molecule has 0 rings (SSSR count). The van der Waals surface area contributed by atoms with Gasteiger partial charge in [-0.2, -0.15) is 17.6 Å². The molecular formula is C9H9F13O3Si. The molecule has 0 bridgehead atoms. The molecule has 0 radical (unpaired) electrons. The van der Waals surface area contributed by atoms with Gasteiger partial charge in [-0.15, -0.1) is 39.5 Å². The maximum atomic E-state index is 13.9.